The Balaban J connectivity index is 1.58. The standard InChI is InChI=1S/C20H19ClF2N2O2/c1-12-10-15(21)3-5-18(12)24-19(26)13-6-8-25(9-7-13)20(27)14-2-4-16(22)17(23)11-14/h2-5,10-11,13H,6-9H2,1H3,(H,24,26). The molecule has 7 heteroatoms. The van der Waals surface area contributed by atoms with Gasteiger partial charge in [-0.25, -0.2) is 8.78 Å². The highest BCUT2D eigenvalue weighted by Gasteiger charge is 2.28. The van der Waals surface area contributed by atoms with Crippen molar-refractivity contribution in [1.29, 1.82) is 0 Å². The lowest BCUT2D eigenvalue weighted by Gasteiger charge is -2.31. The Labute approximate surface area is 161 Å². The van der Waals surface area contributed by atoms with E-state index in [9.17, 15) is 18.4 Å². The summed E-state index contributed by atoms with van der Waals surface area (Å²) in [7, 11) is 0. The number of hydrogen-bond donors (Lipinski definition) is 1. The van der Waals surface area contributed by atoms with Crippen molar-refractivity contribution >= 4 is 29.1 Å². The van der Waals surface area contributed by atoms with Gasteiger partial charge in [0.25, 0.3) is 5.91 Å². The highest BCUT2D eigenvalue weighted by atomic mass is 35.5. The van der Waals surface area contributed by atoms with Crippen LogP contribution in [-0.2, 0) is 4.79 Å². The molecule has 27 heavy (non-hydrogen) atoms. The summed E-state index contributed by atoms with van der Waals surface area (Å²) in [6.45, 7) is 2.63. The van der Waals surface area contributed by atoms with Crippen molar-refractivity contribution in [3.05, 3.63) is 64.2 Å². The van der Waals surface area contributed by atoms with Crippen molar-refractivity contribution in [3.8, 4) is 0 Å². The summed E-state index contributed by atoms with van der Waals surface area (Å²) in [6, 6.07) is 8.37. The van der Waals surface area contributed by atoms with Crippen LogP contribution in [0.3, 0.4) is 0 Å². The Bertz CT molecular complexity index is 880. The van der Waals surface area contributed by atoms with E-state index in [4.69, 9.17) is 11.6 Å². The smallest absolute Gasteiger partial charge is 0.253 e. The number of likely N-dealkylation sites (tertiary alicyclic amines) is 1. The molecule has 1 fully saturated rings. The van der Waals surface area contributed by atoms with Crippen LogP contribution in [0.4, 0.5) is 14.5 Å². The lowest BCUT2D eigenvalue weighted by atomic mass is 9.95. The molecule has 1 N–H and O–H groups in total. The second kappa shape index (κ2) is 8.05. The highest BCUT2D eigenvalue weighted by Crippen LogP contribution is 2.24. The Hall–Kier alpha value is -2.47. The molecule has 3 rings (SSSR count). The number of amides is 2. The van der Waals surface area contributed by atoms with Crippen LogP contribution in [0.25, 0.3) is 0 Å². The molecule has 1 heterocycles. The van der Waals surface area contributed by atoms with Crippen LogP contribution >= 0.6 is 11.6 Å². The van der Waals surface area contributed by atoms with E-state index < -0.39 is 11.6 Å². The second-order valence-electron chi connectivity index (χ2n) is 6.64. The van der Waals surface area contributed by atoms with Gasteiger partial charge in [-0.1, -0.05) is 11.6 Å². The van der Waals surface area contributed by atoms with E-state index in [1.165, 1.54) is 6.07 Å². The number of carbonyl (C=O) groups is 2. The third kappa shape index (κ3) is 4.45. The molecule has 2 aromatic rings. The molecule has 0 atom stereocenters. The number of halogens is 3. The molecule has 0 aromatic heterocycles. The van der Waals surface area contributed by atoms with Crippen molar-refractivity contribution in [2.24, 2.45) is 5.92 Å². The number of nitrogens with zero attached hydrogens (tertiary/aromatic N) is 1. The minimum atomic E-state index is -1.05. The molecule has 0 bridgehead atoms. The first-order chi connectivity index (χ1) is 12.8. The third-order valence-electron chi connectivity index (χ3n) is 4.77. The lowest BCUT2D eigenvalue weighted by Crippen LogP contribution is -2.41. The second-order valence-corrected chi connectivity index (χ2v) is 7.08. The summed E-state index contributed by atoms with van der Waals surface area (Å²) in [5.41, 5.74) is 1.69. The first-order valence-corrected chi connectivity index (χ1v) is 9.04. The van der Waals surface area contributed by atoms with Gasteiger partial charge in [-0.05, 0) is 61.7 Å². The van der Waals surface area contributed by atoms with Crippen molar-refractivity contribution in [2.45, 2.75) is 19.8 Å². The topological polar surface area (TPSA) is 49.4 Å². The number of anilines is 1. The minimum Gasteiger partial charge on any atom is -0.339 e. The van der Waals surface area contributed by atoms with Gasteiger partial charge in [-0.15, -0.1) is 0 Å². The number of rotatable bonds is 3. The van der Waals surface area contributed by atoms with Crippen molar-refractivity contribution in [1.82, 2.24) is 4.90 Å². The van der Waals surface area contributed by atoms with Gasteiger partial charge >= 0.3 is 0 Å². The number of hydrogen-bond acceptors (Lipinski definition) is 2. The molecular weight excluding hydrogens is 374 g/mol. The fourth-order valence-corrected chi connectivity index (χ4v) is 3.39. The van der Waals surface area contributed by atoms with E-state index in [1.807, 2.05) is 6.92 Å². The monoisotopic (exact) mass is 392 g/mol. The predicted octanol–water partition coefficient (Wildman–Crippen LogP) is 4.42. The molecule has 0 saturated carbocycles. The lowest BCUT2D eigenvalue weighted by molar-refractivity contribution is -0.121. The first-order valence-electron chi connectivity index (χ1n) is 8.66. The van der Waals surface area contributed by atoms with Gasteiger partial charge in [-0.3, -0.25) is 9.59 Å². The quantitative estimate of drug-likeness (QED) is 0.840. The van der Waals surface area contributed by atoms with E-state index in [-0.39, 0.29) is 23.3 Å². The zero-order chi connectivity index (χ0) is 19.6. The van der Waals surface area contributed by atoms with E-state index in [0.29, 0.717) is 36.6 Å². The van der Waals surface area contributed by atoms with Gasteiger partial charge in [0.2, 0.25) is 5.91 Å². The average Bonchev–Trinajstić information content (AvgIpc) is 2.65. The molecule has 1 saturated heterocycles. The molecule has 0 radical (unpaired) electrons. The zero-order valence-electron chi connectivity index (χ0n) is 14.8. The van der Waals surface area contributed by atoms with Gasteiger partial charge < -0.3 is 10.2 Å². The van der Waals surface area contributed by atoms with E-state index in [0.717, 1.165) is 17.7 Å². The summed E-state index contributed by atoms with van der Waals surface area (Å²) in [4.78, 5) is 26.5. The maximum Gasteiger partial charge on any atom is 0.253 e. The molecule has 0 aliphatic carbocycles. The zero-order valence-corrected chi connectivity index (χ0v) is 15.5. The van der Waals surface area contributed by atoms with Crippen LogP contribution in [0, 0.1) is 24.5 Å². The van der Waals surface area contributed by atoms with Crippen LogP contribution in [0.15, 0.2) is 36.4 Å². The molecule has 0 spiro atoms. The summed E-state index contributed by atoms with van der Waals surface area (Å²) in [6.07, 6.45) is 1.02. The number of piperidine rings is 1. The molecule has 0 unspecified atom stereocenters. The highest BCUT2D eigenvalue weighted by molar-refractivity contribution is 6.30. The molecule has 2 amide bonds. The van der Waals surface area contributed by atoms with E-state index in [2.05, 4.69) is 5.32 Å². The molecule has 1 aliphatic rings. The SMILES string of the molecule is Cc1cc(Cl)ccc1NC(=O)C1CCN(C(=O)c2ccc(F)c(F)c2)CC1. The van der Waals surface area contributed by atoms with E-state index >= 15 is 0 Å². The average molecular weight is 393 g/mol. The van der Waals surface area contributed by atoms with E-state index in [1.54, 1.807) is 23.1 Å². The predicted molar refractivity (Wildman–Crippen MR) is 99.8 cm³/mol. The summed E-state index contributed by atoms with van der Waals surface area (Å²) >= 11 is 5.92. The van der Waals surface area contributed by atoms with Crippen LogP contribution in [0.2, 0.25) is 5.02 Å². The Kier molecular flexibility index (Phi) is 5.75. The summed E-state index contributed by atoms with van der Waals surface area (Å²) < 4.78 is 26.4. The maximum absolute atomic E-state index is 13.3. The summed E-state index contributed by atoms with van der Waals surface area (Å²) in [5.74, 6) is -2.70. The van der Waals surface area contributed by atoms with Gasteiger partial charge in [-0.2, -0.15) is 0 Å². The van der Waals surface area contributed by atoms with Crippen molar-refractivity contribution < 1.29 is 18.4 Å². The minimum absolute atomic E-state index is 0.0969. The molecule has 142 valence electrons. The fraction of sp³-hybridized carbons (Fsp3) is 0.300. The number of carbonyl (C=O) groups excluding carboxylic acids is 2. The van der Waals surface area contributed by atoms with Crippen LogP contribution in [-0.4, -0.2) is 29.8 Å². The van der Waals surface area contributed by atoms with Crippen LogP contribution < -0.4 is 5.32 Å². The van der Waals surface area contributed by atoms with Crippen molar-refractivity contribution in [3.63, 3.8) is 0 Å². The molecule has 1 aliphatic heterocycles. The number of aryl methyl sites for hydroxylation is 1. The third-order valence-corrected chi connectivity index (χ3v) is 5.00. The van der Waals surface area contributed by atoms with Gasteiger partial charge in [0.15, 0.2) is 11.6 Å². The van der Waals surface area contributed by atoms with Crippen LogP contribution in [0.1, 0.15) is 28.8 Å². The Morgan fingerprint density at radius 3 is 2.41 bits per heavy atom. The fourth-order valence-electron chi connectivity index (χ4n) is 3.16. The van der Waals surface area contributed by atoms with Crippen molar-refractivity contribution in [2.75, 3.05) is 18.4 Å². The molecule has 2 aromatic carbocycles. The molecule has 4 nitrogen and oxygen atoms in total. The Morgan fingerprint density at radius 2 is 1.78 bits per heavy atom. The maximum atomic E-state index is 13.3. The normalized spacial score (nSPS) is 14.9. The van der Waals surface area contributed by atoms with Gasteiger partial charge in [0, 0.05) is 35.3 Å². The Morgan fingerprint density at radius 1 is 1.07 bits per heavy atom. The largest absolute Gasteiger partial charge is 0.339 e. The van der Waals surface area contributed by atoms with Gasteiger partial charge in [0.05, 0.1) is 0 Å². The molecular formula is C20H19ClF2N2O2. The summed E-state index contributed by atoms with van der Waals surface area (Å²) in [5, 5.41) is 3.51. The van der Waals surface area contributed by atoms with Crippen LogP contribution in [0.5, 0.6) is 0 Å². The number of benzene rings is 2. The van der Waals surface area contributed by atoms with Gasteiger partial charge in [0.1, 0.15) is 0 Å². The first kappa shape index (κ1) is 19.3. The number of nitrogens with one attached hydrogen (secondary N) is 1.